The Bertz CT molecular complexity index is 655. The van der Waals surface area contributed by atoms with Crippen LogP contribution in [0, 0.1) is 5.92 Å². The van der Waals surface area contributed by atoms with Gasteiger partial charge >= 0.3 is 5.97 Å². The van der Waals surface area contributed by atoms with E-state index in [2.05, 4.69) is 0 Å². The van der Waals surface area contributed by atoms with Gasteiger partial charge in [0.15, 0.2) is 0 Å². The average Bonchev–Trinajstić information content (AvgIpc) is 2.88. The molecule has 0 N–H and O–H groups in total. The molecule has 1 aromatic rings. The summed E-state index contributed by atoms with van der Waals surface area (Å²) in [5.41, 5.74) is 0.489. The highest BCUT2D eigenvalue weighted by Gasteiger charge is 2.26. The van der Waals surface area contributed by atoms with E-state index in [0.29, 0.717) is 37.5 Å². The molecule has 1 aliphatic heterocycles. The van der Waals surface area contributed by atoms with Gasteiger partial charge in [-0.15, -0.1) is 0 Å². The van der Waals surface area contributed by atoms with Gasteiger partial charge in [0.25, 0.3) is 5.91 Å². The summed E-state index contributed by atoms with van der Waals surface area (Å²) in [6.45, 7) is 7.78. The highest BCUT2D eigenvalue weighted by atomic mass is 16.5. The normalized spacial score (nSPS) is 14.9. The van der Waals surface area contributed by atoms with Crippen molar-refractivity contribution in [3.8, 4) is 5.75 Å². The van der Waals surface area contributed by atoms with Crippen LogP contribution < -0.4 is 4.74 Å². The summed E-state index contributed by atoms with van der Waals surface area (Å²) in [5.74, 6) is 0.110. The Kier molecular flexibility index (Phi) is 7.18. The molecule has 1 saturated heterocycles. The van der Waals surface area contributed by atoms with Crippen LogP contribution in [0.25, 0.3) is 0 Å². The van der Waals surface area contributed by atoms with Crippen LogP contribution in [-0.4, -0.2) is 53.8 Å². The minimum absolute atomic E-state index is 0.0673. The van der Waals surface area contributed by atoms with Gasteiger partial charge < -0.3 is 14.5 Å². The average molecular weight is 360 g/mol. The number of amides is 2. The number of ether oxygens (including phenoxy) is 1. The van der Waals surface area contributed by atoms with Gasteiger partial charge in [0, 0.05) is 44.6 Å². The lowest BCUT2D eigenvalue weighted by atomic mass is 10.0. The van der Waals surface area contributed by atoms with Gasteiger partial charge in [0.05, 0.1) is 0 Å². The molecule has 1 heterocycles. The number of hydrogen-bond donors (Lipinski definition) is 0. The number of rotatable bonds is 5. The Morgan fingerprint density at radius 2 is 1.69 bits per heavy atom. The zero-order chi connectivity index (χ0) is 19.1. The Morgan fingerprint density at radius 3 is 2.35 bits per heavy atom. The molecule has 0 aromatic heterocycles. The maximum Gasteiger partial charge on any atom is 0.308 e. The predicted octanol–water partition coefficient (Wildman–Crippen LogP) is 2.72. The lowest BCUT2D eigenvalue weighted by Gasteiger charge is -2.25. The third kappa shape index (κ3) is 5.07. The topological polar surface area (TPSA) is 66.9 Å². The van der Waals surface area contributed by atoms with Crippen molar-refractivity contribution < 1.29 is 19.1 Å². The van der Waals surface area contributed by atoms with E-state index in [1.54, 1.807) is 29.2 Å². The number of esters is 1. The van der Waals surface area contributed by atoms with E-state index in [-0.39, 0.29) is 17.7 Å². The Hall–Kier alpha value is -2.37. The Labute approximate surface area is 155 Å². The third-order valence-electron chi connectivity index (χ3n) is 4.77. The maximum atomic E-state index is 12.8. The minimum atomic E-state index is -0.417. The van der Waals surface area contributed by atoms with Crippen LogP contribution in [0.1, 0.15) is 50.4 Å². The van der Waals surface area contributed by atoms with Crippen molar-refractivity contribution in [3.05, 3.63) is 29.8 Å². The van der Waals surface area contributed by atoms with E-state index in [0.717, 1.165) is 19.3 Å². The molecule has 1 fully saturated rings. The molecule has 2 rings (SSSR count). The van der Waals surface area contributed by atoms with Crippen LogP contribution in [0.5, 0.6) is 5.75 Å². The van der Waals surface area contributed by atoms with Gasteiger partial charge in [-0.2, -0.15) is 0 Å². The first-order chi connectivity index (χ1) is 12.5. The number of carbonyl (C=O) groups excluding carboxylic acids is 3. The summed E-state index contributed by atoms with van der Waals surface area (Å²) in [6, 6.07) is 6.65. The highest BCUT2D eigenvalue weighted by Crippen LogP contribution is 2.18. The summed E-state index contributed by atoms with van der Waals surface area (Å²) in [7, 11) is 0. The summed E-state index contributed by atoms with van der Waals surface area (Å²) in [4.78, 5) is 40.1. The molecule has 0 bridgehead atoms. The molecule has 6 nitrogen and oxygen atoms in total. The minimum Gasteiger partial charge on any atom is -0.427 e. The molecule has 1 aromatic carbocycles. The van der Waals surface area contributed by atoms with Gasteiger partial charge in [-0.1, -0.05) is 19.9 Å². The van der Waals surface area contributed by atoms with Crippen molar-refractivity contribution in [1.29, 1.82) is 0 Å². The van der Waals surface area contributed by atoms with Crippen LogP contribution in [0.3, 0.4) is 0 Å². The van der Waals surface area contributed by atoms with Gasteiger partial charge in [-0.25, -0.2) is 0 Å². The smallest absolute Gasteiger partial charge is 0.308 e. The van der Waals surface area contributed by atoms with E-state index in [1.165, 1.54) is 6.92 Å². The van der Waals surface area contributed by atoms with Crippen LogP contribution in [0.4, 0.5) is 0 Å². The van der Waals surface area contributed by atoms with E-state index < -0.39 is 5.97 Å². The fourth-order valence-corrected chi connectivity index (χ4v) is 3.28. The summed E-state index contributed by atoms with van der Waals surface area (Å²) >= 11 is 0. The van der Waals surface area contributed by atoms with Crippen molar-refractivity contribution in [2.75, 3.05) is 26.2 Å². The highest BCUT2D eigenvalue weighted by molar-refractivity contribution is 5.94. The molecular weight excluding hydrogens is 332 g/mol. The largest absolute Gasteiger partial charge is 0.427 e. The van der Waals surface area contributed by atoms with Crippen LogP contribution in [0.2, 0.25) is 0 Å². The molecule has 0 spiro atoms. The summed E-state index contributed by atoms with van der Waals surface area (Å²) in [5, 5.41) is 0. The Morgan fingerprint density at radius 1 is 1.04 bits per heavy atom. The van der Waals surface area contributed by atoms with Crippen LogP contribution in [-0.2, 0) is 9.59 Å². The van der Waals surface area contributed by atoms with Gasteiger partial charge in [0.1, 0.15) is 5.75 Å². The van der Waals surface area contributed by atoms with E-state index >= 15 is 0 Å². The summed E-state index contributed by atoms with van der Waals surface area (Å²) in [6.07, 6.45) is 2.45. The molecule has 0 radical (unpaired) electrons. The molecule has 0 atom stereocenters. The molecule has 26 heavy (non-hydrogen) atoms. The van der Waals surface area contributed by atoms with Crippen molar-refractivity contribution in [2.45, 2.75) is 40.0 Å². The van der Waals surface area contributed by atoms with Gasteiger partial charge in [0.2, 0.25) is 5.91 Å². The van der Waals surface area contributed by atoms with Crippen LogP contribution >= 0.6 is 0 Å². The number of benzene rings is 1. The number of hydrogen-bond acceptors (Lipinski definition) is 4. The monoisotopic (exact) mass is 360 g/mol. The zero-order valence-corrected chi connectivity index (χ0v) is 15.9. The fourth-order valence-electron chi connectivity index (χ4n) is 3.28. The first-order valence-electron chi connectivity index (χ1n) is 9.32. The second-order valence-corrected chi connectivity index (χ2v) is 6.61. The second-order valence-electron chi connectivity index (χ2n) is 6.61. The lowest BCUT2D eigenvalue weighted by Crippen LogP contribution is -2.39. The molecule has 1 aliphatic rings. The van der Waals surface area contributed by atoms with E-state index in [9.17, 15) is 14.4 Å². The number of nitrogens with zero attached hydrogens (tertiary/aromatic N) is 2. The zero-order valence-electron chi connectivity index (χ0n) is 15.9. The fraction of sp³-hybridized carbons (Fsp3) is 0.550. The summed E-state index contributed by atoms with van der Waals surface area (Å²) < 4.78 is 5.05. The maximum absolute atomic E-state index is 12.8. The SMILES string of the molecule is CCC(CC)C(=O)N1CCCN(C(=O)c2cccc(OC(C)=O)c2)CC1. The van der Waals surface area contributed by atoms with E-state index in [1.807, 2.05) is 18.7 Å². The first kappa shape index (κ1) is 19.9. The van der Waals surface area contributed by atoms with Crippen molar-refractivity contribution in [3.63, 3.8) is 0 Å². The number of carbonyl (C=O) groups is 3. The molecule has 142 valence electrons. The van der Waals surface area contributed by atoms with Gasteiger partial charge in [-0.05, 0) is 37.5 Å². The standard InChI is InChI=1S/C20H28N2O4/c1-4-16(5-2)19(24)21-10-7-11-22(13-12-21)20(25)17-8-6-9-18(14-17)26-15(3)23/h6,8-9,14,16H,4-5,7,10-13H2,1-3H3. The Balaban J connectivity index is 2.03. The van der Waals surface area contributed by atoms with Crippen molar-refractivity contribution >= 4 is 17.8 Å². The molecule has 0 aliphatic carbocycles. The molecule has 6 heteroatoms. The second kappa shape index (κ2) is 9.36. The van der Waals surface area contributed by atoms with Crippen molar-refractivity contribution in [2.24, 2.45) is 5.92 Å². The van der Waals surface area contributed by atoms with Gasteiger partial charge in [-0.3, -0.25) is 14.4 Å². The van der Waals surface area contributed by atoms with Crippen molar-refractivity contribution in [1.82, 2.24) is 9.80 Å². The quantitative estimate of drug-likeness (QED) is 0.598. The predicted molar refractivity (Wildman–Crippen MR) is 98.9 cm³/mol. The molecule has 0 saturated carbocycles. The van der Waals surface area contributed by atoms with Crippen LogP contribution in [0.15, 0.2) is 24.3 Å². The third-order valence-corrected chi connectivity index (χ3v) is 4.77. The molecule has 0 unspecified atom stereocenters. The molecule has 2 amide bonds. The van der Waals surface area contributed by atoms with E-state index in [4.69, 9.17) is 4.74 Å². The first-order valence-corrected chi connectivity index (χ1v) is 9.32. The molecular formula is C20H28N2O4. The lowest BCUT2D eigenvalue weighted by molar-refractivity contribution is -0.135.